The third-order valence-electron chi connectivity index (χ3n) is 5.54. The standard InChI is InChI=1S/C24H12Cl6F7N3O3S/c1-44(42,43)22-18(29)19(17(28)20(30)38-22)39-40-21(41)10-3-2-8(4-12(10)24(35,36)37)15(31)7-11(23(32,33)34)9-5-13(25)16(27)14(26)6-9/h2-7,11H,1H3,(H,38,39)(H,40,41)/b15-7-. The number of aromatic nitrogens is 1. The second kappa shape index (κ2) is 13.3. The highest BCUT2D eigenvalue weighted by atomic mass is 35.5. The summed E-state index contributed by atoms with van der Waals surface area (Å²) in [5.74, 6) is -5.97. The second-order valence-electron chi connectivity index (χ2n) is 8.65. The van der Waals surface area contributed by atoms with Crippen LogP contribution in [0, 0.1) is 0 Å². The number of nitrogens with zero attached hydrogens (tertiary/aromatic N) is 1. The summed E-state index contributed by atoms with van der Waals surface area (Å²) in [6.45, 7) is 0. The summed E-state index contributed by atoms with van der Waals surface area (Å²) in [5.41, 5.74) is -1.15. The quantitative estimate of drug-likeness (QED) is 0.108. The average Bonchev–Trinajstić information content (AvgIpc) is 2.89. The van der Waals surface area contributed by atoms with Crippen LogP contribution in [0.1, 0.15) is 33.0 Å². The van der Waals surface area contributed by atoms with Gasteiger partial charge in [-0.25, -0.2) is 17.8 Å². The first kappa shape index (κ1) is 36.3. The van der Waals surface area contributed by atoms with Crippen LogP contribution in [0.3, 0.4) is 0 Å². The molecule has 0 fully saturated rings. The van der Waals surface area contributed by atoms with Crippen molar-refractivity contribution in [3.8, 4) is 0 Å². The average molecular weight is 768 g/mol. The molecule has 238 valence electrons. The summed E-state index contributed by atoms with van der Waals surface area (Å²) in [7, 11) is -4.08. The van der Waals surface area contributed by atoms with Gasteiger partial charge in [0.05, 0.1) is 31.9 Å². The van der Waals surface area contributed by atoms with Crippen LogP contribution in [0.15, 0.2) is 41.4 Å². The predicted molar refractivity (Wildman–Crippen MR) is 154 cm³/mol. The zero-order valence-corrected chi connectivity index (χ0v) is 26.4. The Morgan fingerprint density at radius 3 is 1.98 bits per heavy atom. The monoisotopic (exact) mass is 765 g/mol. The van der Waals surface area contributed by atoms with Crippen LogP contribution in [0.4, 0.5) is 36.4 Å². The Morgan fingerprint density at radius 1 is 0.909 bits per heavy atom. The van der Waals surface area contributed by atoms with Crippen molar-refractivity contribution in [1.82, 2.24) is 10.4 Å². The van der Waals surface area contributed by atoms with Crippen LogP contribution in [-0.2, 0) is 16.0 Å². The van der Waals surface area contributed by atoms with Crippen LogP contribution in [0.25, 0.3) is 5.83 Å². The lowest BCUT2D eigenvalue weighted by Gasteiger charge is -2.19. The van der Waals surface area contributed by atoms with Gasteiger partial charge in [0.15, 0.2) is 20.0 Å². The molecule has 0 saturated heterocycles. The van der Waals surface area contributed by atoms with Crippen LogP contribution in [-0.4, -0.2) is 31.7 Å². The third-order valence-corrected chi connectivity index (χ3v) is 8.95. The number of hydrogen-bond acceptors (Lipinski definition) is 5. The molecule has 0 bridgehead atoms. The number of carbonyl (C=O) groups is 1. The molecule has 2 aromatic carbocycles. The molecule has 3 rings (SSSR count). The van der Waals surface area contributed by atoms with E-state index in [1.165, 1.54) is 0 Å². The van der Waals surface area contributed by atoms with E-state index in [4.69, 9.17) is 69.6 Å². The normalized spacial score (nSPS) is 13.5. The Morgan fingerprint density at radius 2 is 1.48 bits per heavy atom. The molecule has 0 saturated carbocycles. The molecule has 1 aromatic heterocycles. The molecule has 1 unspecified atom stereocenters. The van der Waals surface area contributed by atoms with E-state index in [2.05, 4.69) is 10.4 Å². The molecule has 0 aliphatic heterocycles. The molecule has 1 amide bonds. The maximum atomic E-state index is 15.1. The van der Waals surface area contributed by atoms with Gasteiger partial charge in [-0.1, -0.05) is 75.7 Å². The fourth-order valence-corrected chi connectivity index (χ4v) is 5.90. The molecule has 44 heavy (non-hydrogen) atoms. The van der Waals surface area contributed by atoms with E-state index in [0.717, 1.165) is 18.4 Å². The van der Waals surface area contributed by atoms with Gasteiger partial charge >= 0.3 is 12.4 Å². The number of allylic oxidation sites excluding steroid dienone is 1. The summed E-state index contributed by atoms with van der Waals surface area (Å²) in [4.78, 5) is 16.2. The number of sulfone groups is 1. The number of halogens is 13. The molecule has 20 heteroatoms. The van der Waals surface area contributed by atoms with Crippen molar-refractivity contribution in [2.75, 3.05) is 11.7 Å². The Labute approximate surface area is 273 Å². The number of pyridine rings is 1. The lowest BCUT2D eigenvalue weighted by atomic mass is 9.95. The van der Waals surface area contributed by atoms with Gasteiger partial charge in [-0.2, -0.15) is 26.3 Å². The molecule has 0 aliphatic carbocycles. The Hall–Kier alpha value is -2.20. The first-order valence-corrected chi connectivity index (χ1v) is 15.3. The molecule has 0 aliphatic rings. The largest absolute Gasteiger partial charge is 0.417 e. The Kier molecular flexibility index (Phi) is 10.9. The minimum absolute atomic E-state index is 0.00320. The van der Waals surface area contributed by atoms with Crippen molar-refractivity contribution in [2.24, 2.45) is 0 Å². The van der Waals surface area contributed by atoms with Gasteiger partial charge in [0.1, 0.15) is 21.8 Å². The summed E-state index contributed by atoms with van der Waals surface area (Å²) in [5, 5.41) is -3.57. The van der Waals surface area contributed by atoms with E-state index in [0.29, 0.717) is 12.1 Å². The maximum Gasteiger partial charge on any atom is 0.417 e. The fraction of sp³-hybridized carbons (Fsp3) is 0.167. The zero-order valence-electron chi connectivity index (χ0n) is 21.0. The minimum Gasteiger partial charge on any atom is -0.295 e. The van der Waals surface area contributed by atoms with E-state index >= 15 is 4.39 Å². The van der Waals surface area contributed by atoms with Crippen LogP contribution in [0.2, 0.25) is 30.3 Å². The Balaban J connectivity index is 2.03. The Bertz CT molecular complexity index is 1760. The molecule has 3 aromatic rings. The highest BCUT2D eigenvalue weighted by molar-refractivity contribution is 7.90. The molecule has 6 nitrogen and oxygen atoms in total. The van der Waals surface area contributed by atoms with Crippen LogP contribution < -0.4 is 10.9 Å². The number of carbonyl (C=O) groups excluding carboxylic acids is 1. The molecule has 2 N–H and O–H groups in total. The lowest BCUT2D eigenvalue weighted by Crippen LogP contribution is -2.31. The number of benzene rings is 2. The van der Waals surface area contributed by atoms with Gasteiger partial charge in [0, 0.05) is 11.8 Å². The first-order valence-electron chi connectivity index (χ1n) is 11.1. The summed E-state index contributed by atoms with van der Waals surface area (Å²) < 4.78 is 122. The van der Waals surface area contributed by atoms with Gasteiger partial charge in [-0.15, -0.1) is 0 Å². The number of hydrazine groups is 1. The van der Waals surface area contributed by atoms with E-state index in [9.17, 15) is 39.6 Å². The summed E-state index contributed by atoms with van der Waals surface area (Å²) in [6, 6.07) is 2.77. The smallest absolute Gasteiger partial charge is 0.295 e. The molecule has 0 radical (unpaired) electrons. The van der Waals surface area contributed by atoms with E-state index in [-0.39, 0.29) is 27.2 Å². The van der Waals surface area contributed by atoms with Crippen LogP contribution in [0.5, 0.6) is 0 Å². The van der Waals surface area contributed by atoms with Crippen molar-refractivity contribution in [3.05, 3.63) is 88.9 Å². The van der Waals surface area contributed by atoms with Crippen molar-refractivity contribution in [1.29, 1.82) is 0 Å². The fourth-order valence-electron chi connectivity index (χ4n) is 3.54. The summed E-state index contributed by atoms with van der Waals surface area (Å²) in [6.07, 6.45) is -9.74. The van der Waals surface area contributed by atoms with Crippen molar-refractivity contribution in [3.63, 3.8) is 0 Å². The number of hydrogen-bond donors (Lipinski definition) is 2. The predicted octanol–water partition coefficient (Wildman–Crippen LogP) is 9.84. The van der Waals surface area contributed by atoms with E-state index in [1.807, 2.05) is 5.43 Å². The molecule has 1 heterocycles. The molecule has 0 spiro atoms. The SMILES string of the molecule is CS(=O)(=O)c1nc(Cl)c(Cl)c(NNC(=O)c2ccc(/C(F)=C/C(c3cc(Cl)c(Cl)c(Cl)c3)C(F)(F)F)cc2C(F)(F)F)c1Cl. The van der Waals surface area contributed by atoms with E-state index < -0.39 is 88.0 Å². The minimum atomic E-state index is -5.32. The topological polar surface area (TPSA) is 88.2 Å². The highest BCUT2D eigenvalue weighted by Gasteiger charge is 2.41. The van der Waals surface area contributed by atoms with Crippen molar-refractivity contribution in [2.45, 2.75) is 23.3 Å². The van der Waals surface area contributed by atoms with Crippen molar-refractivity contribution < 1.29 is 43.9 Å². The van der Waals surface area contributed by atoms with Gasteiger partial charge in [-0.05, 0) is 35.9 Å². The van der Waals surface area contributed by atoms with Gasteiger partial charge in [0.2, 0.25) is 0 Å². The van der Waals surface area contributed by atoms with Crippen molar-refractivity contribution >= 4 is 96.9 Å². The van der Waals surface area contributed by atoms with Gasteiger partial charge in [0.25, 0.3) is 5.91 Å². The van der Waals surface area contributed by atoms with E-state index in [1.54, 1.807) is 0 Å². The number of alkyl halides is 6. The molecular formula is C24H12Cl6F7N3O3S. The lowest BCUT2D eigenvalue weighted by molar-refractivity contribution is -0.140. The van der Waals surface area contributed by atoms with Crippen LogP contribution >= 0.6 is 69.6 Å². The molecule has 1 atom stereocenters. The zero-order chi connectivity index (χ0) is 33.5. The highest BCUT2D eigenvalue weighted by Crippen LogP contribution is 2.43. The summed E-state index contributed by atoms with van der Waals surface area (Å²) >= 11 is 35.0. The van der Waals surface area contributed by atoms with Gasteiger partial charge in [-0.3, -0.25) is 15.6 Å². The number of amides is 1. The third kappa shape index (κ3) is 8.14. The number of nitrogens with one attached hydrogen (secondary N) is 2. The number of rotatable bonds is 7. The maximum absolute atomic E-state index is 15.1. The molecular weight excluding hydrogens is 756 g/mol. The number of anilines is 1. The second-order valence-corrected chi connectivity index (χ2v) is 12.9. The van der Waals surface area contributed by atoms with Gasteiger partial charge < -0.3 is 0 Å². The first-order chi connectivity index (χ1) is 20.0.